The van der Waals surface area contributed by atoms with Gasteiger partial charge in [0.15, 0.2) is 0 Å². The van der Waals surface area contributed by atoms with E-state index in [2.05, 4.69) is 45.2 Å². The molecule has 0 spiro atoms. The molecule has 10 atom stereocenters. The molecule has 0 bridgehead atoms. The fourth-order valence-corrected chi connectivity index (χ4v) is 9.37. The normalized spacial score (nSPS) is 24.4. The van der Waals surface area contributed by atoms with Crippen molar-refractivity contribution in [3.8, 4) is 0 Å². The zero-order valence-corrected chi connectivity index (χ0v) is 32.1. The van der Waals surface area contributed by atoms with Gasteiger partial charge in [-0.2, -0.15) is 0 Å². The summed E-state index contributed by atoms with van der Waals surface area (Å²) in [7, 11) is -52.7. The van der Waals surface area contributed by atoms with E-state index >= 15 is 0 Å². The molecule has 10 unspecified atom stereocenters. The van der Waals surface area contributed by atoms with E-state index in [0.717, 1.165) is 0 Å². The Morgan fingerprint density at radius 1 is 0.298 bits per heavy atom. The molecular weight excluding hydrogens is 874 g/mol. The Kier molecular flexibility index (Phi) is 20.7. The molecule has 0 saturated heterocycles. The summed E-state index contributed by atoms with van der Waals surface area (Å²) in [6.07, 6.45) is 0. The smallest absolute Gasteiger partial charge is 0.326 e. The molecule has 30 nitrogen and oxygen atoms in total. The first-order valence-electron chi connectivity index (χ1n) is 10.4. The van der Waals surface area contributed by atoms with Gasteiger partial charge in [0.1, 0.15) is 5.60 Å². The van der Waals surface area contributed by atoms with Gasteiger partial charge in [0.05, 0.1) is 0 Å². The maximum absolute atomic E-state index is 12.4. The Balaban J connectivity index is 9.89. The molecule has 40 heteroatoms. The minimum Gasteiger partial charge on any atom is -0.326 e. The number of hydrogen-bond acceptors (Lipinski definition) is 20. The SMILES string of the molecule is CC(C)(O[PH](=O)O)C(O[PH](=O)O)(O[PH](=O)O)C(O[PH](=O)O)(O[PH](=O)O)C(O[PH](=O)O)(O[PH](=O)O)C(O[PH](=O)O)(O[PH](=O)O)O[PH](=O)O. The van der Waals surface area contributed by atoms with Gasteiger partial charge in [0.2, 0.25) is 0 Å². The summed E-state index contributed by atoms with van der Waals surface area (Å²) in [5.74, 6) is -21.3. The monoisotopic (exact) mass is 900 g/mol. The molecule has 10 N–H and O–H groups in total. The van der Waals surface area contributed by atoms with Gasteiger partial charge in [0, 0.05) is 0 Å². The Bertz CT molecular complexity index is 1250. The number of hydrogen-bond donors (Lipinski definition) is 10. The Hall–Kier alpha value is 1.50. The predicted molar refractivity (Wildman–Crippen MR) is 148 cm³/mol. The van der Waals surface area contributed by atoms with Gasteiger partial charge in [-0.05, 0) is 13.8 Å². The molecule has 0 aliphatic rings. The molecule has 0 amide bonds. The van der Waals surface area contributed by atoms with Crippen LogP contribution in [0.1, 0.15) is 13.8 Å². The average molecular weight is 900 g/mol. The molecule has 0 heterocycles. The number of rotatable bonds is 24. The first-order valence-corrected chi connectivity index (χ1v) is 23.0. The van der Waals surface area contributed by atoms with Crippen LogP contribution in [0, 0.1) is 0 Å². The lowest BCUT2D eigenvalue weighted by Crippen LogP contribution is -2.82. The van der Waals surface area contributed by atoms with Gasteiger partial charge in [-0.15, -0.1) is 0 Å². The lowest BCUT2D eigenvalue weighted by Gasteiger charge is -2.58. The van der Waals surface area contributed by atoms with Crippen LogP contribution in [0.4, 0.5) is 0 Å². The predicted octanol–water partition coefficient (Wildman–Crippen LogP) is -1.51. The highest BCUT2D eigenvalue weighted by atomic mass is 31.2. The van der Waals surface area contributed by atoms with Crippen molar-refractivity contribution in [3.05, 3.63) is 0 Å². The van der Waals surface area contributed by atoms with Gasteiger partial charge in [-0.3, -0.25) is 77.3 Å². The molecule has 0 radical (unpaired) electrons. The Morgan fingerprint density at radius 3 is 0.702 bits per heavy atom. The standard InChI is InChI=1S/C7H26O30P10/c1-3(2,28-38(8)9)4(29-39(10)11,30-40(12)13)5(31-41(14)15,32-42(16)17)6(33-43(18)19,34-44(20)21)7(35-45(22)23,36-46(24)25)37-47(26)27/h38-47H,1-2H3,(H,8,9)(H,10,11)(H,12,13)(H,14,15)(H,16,17)(H,18,19)(H,20,21)(H,22,23)(H,24,25)(H,26,27). The van der Waals surface area contributed by atoms with Gasteiger partial charge in [0.25, 0.3) is 5.79 Å². The fraction of sp³-hybridized carbons (Fsp3) is 1.00. The third-order valence-electron chi connectivity index (χ3n) is 4.46. The second-order valence-corrected chi connectivity index (χ2v) is 15.0. The third kappa shape index (κ3) is 12.8. The molecule has 0 aliphatic heterocycles. The van der Waals surface area contributed by atoms with Crippen molar-refractivity contribution in [3.63, 3.8) is 0 Å². The summed E-state index contributed by atoms with van der Waals surface area (Å²) in [4.78, 5) is 97.1. The summed E-state index contributed by atoms with van der Waals surface area (Å²) in [5.41, 5.74) is -3.70. The lowest BCUT2D eigenvalue weighted by atomic mass is 9.83. The topological polar surface area (TPSA) is 465 Å². The molecule has 0 aromatic heterocycles. The molecule has 0 rings (SSSR count). The van der Waals surface area contributed by atoms with Crippen molar-refractivity contribution in [1.29, 1.82) is 0 Å². The first kappa shape index (κ1) is 48.5. The summed E-state index contributed by atoms with van der Waals surface area (Å²) < 4.78 is 165. The van der Waals surface area contributed by atoms with Crippen LogP contribution in [-0.2, 0) is 90.9 Å². The molecule has 284 valence electrons. The van der Waals surface area contributed by atoms with Crippen LogP contribution in [0.5, 0.6) is 0 Å². The highest BCUT2D eigenvalue weighted by Crippen LogP contribution is 2.67. The van der Waals surface area contributed by atoms with Gasteiger partial charge in [-0.1, -0.05) is 0 Å². The molecule has 47 heavy (non-hydrogen) atoms. The summed E-state index contributed by atoms with van der Waals surface area (Å²) in [5, 5.41) is 0. The summed E-state index contributed by atoms with van der Waals surface area (Å²) >= 11 is 0. The first-order chi connectivity index (χ1) is 21.2. The Morgan fingerprint density at radius 2 is 0.489 bits per heavy atom. The minimum atomic E-state index is -5.56. The molecular formula is C7H26O30P10. The molecule has 0 saturated carbocycles. The van der Waals surface area contributed by atoms with Crippen LogP contribution >= 0.6 is 82.5 Å². The van der Waals surface area contributed by atoms with Crippen LogP contribution < -0.4 is 0 Å². The van der Waals surface area contributed by atoms with Crippen LogP contribution in [0.15, 0.2) is 0 Å². The van der Waals surface area contributed by atoms with Crippen molar-refractivity contribution in [2.75, 3.05) is 0 Å². The van der Waals surface area contributed by atoms with Crippen molar-refractivity contribution in [2.24, 2.45) is 0 Å². The van der Waals surface area contributed by atoms with E-state index in [1.165, 1.54) is 0 Å². The van der Waals surface area contributed by atoms with E-state index in [0.29, 0.717) is 0 Å². The van der Waals surface area contributed by atoms with E-state index in [4.69, 9.17) is 0 Å². The van der Waals surface area contributed by atoms with Gasteiger partial charge >= 0.3 is 100 Å². The molecule has 0 aromatic carbocycles. The highest BCUT2D eigenvalue weighted by Gasteiger charge is 2.87. The van der Waals surface area contributed by atoms with Crippen molar-refractivity contribution < 1.29 is 140 Å². The highest BCUT2D eigenvalue weighted by molar-refractivity contribution is 7.35. The fourth-order valence-electron chi connectivity index (χ4n) is 3.42. The third-order valence-corrected chi connectivity index (χ3v) is 9.24. The van der Waals surface area contributed by atoms with E-state index in [9.17, 15) is 94.6 Å². The molecule has 0 fully saturated rings. The maximum Gasteiger partial charge on any atom is 0.368 e. The zero-order chi connectivity index (χ0) is 37.3. The van der Waals surface area contributed by atoms with Crippen molar-refractivity contribution in [2.45, 2.75) is 42.8 Å². The minimum absolute atomic E-state index is 0.184. The van der Waals surface area contributed by atoms with E-state index < -0.39 is 111 Å². The van der Waals surface area contributed by atoms with Crippen LogP contribution in [0.3, 0.4) is 0 Å². The lowest BCUT2D eigenvalue weighted by molar-refractivity contribution is -0.500. The van der Waals surface area contributed by atoms with Crippen LogP contribution in [-0.4, -0.2) is 77.9 Å². The van der Waals surface area contributed by atoms with Crippen LogP contribution in [0.25, 0.3) is 0 Å². The van der Waals surface area contributed by atoms with E-state index in [1.807, 2.05) is 0 Å². The van der Waals surface area contributed by atoms with E-state index in [1.54, 1.807) is 0 Å². The second-order valence-electron chi connectivity index (χ2n) is 7.60. The molecule has 0 aromatic rings. The second kappa shape index (κ2) is 20.1. The van der Waals surface area contributed by atoms with Gasteiger partial charge in [-0.25, -0.2) is 13.6 Å². The zero-order valence-electron chi connectivity index (χ0n) is 22.1. The van der Waals surface area contributed by atoms with Crippen molar-refractivity contribution >= 4 is 82.5 Å². The average Bonchev–Trinajstić information content (AvgIpc) is 2.78. The largest absolute Gasteiger partial charge is 0.368 e. The summed E-state index contributed by atoms with van der Waals surface area (Å²) in [6.45, 7) is 0.368. The Labute approximate surface area is 265 Å². The van der Waals surface area contributed by atoms with Gasteiger partial charge < -0.3 is 48.9 Å². The molecule has 0 aliphatic carbocycles. The van der Waals surface area contributed by atoms with Crippen LogP contribution in [0.2, 0.25) is 0 Å². The maximum atomic E-state index is 12.4. The quantitative estimate of drug-likeness (QED) is 0.0389. The summed E-state index contributed by atoms with van der Waals surface area (Å²) in [6, 6.07) is 0. The van der Waals surface area contributed by atoms with E-state index in [-0.39, 0.29) is 13.8 Å². The van der Waals surface area contributed by atoms with Crippen molar-refractivity contribution in [1.82, 2.24) is 0 Å².